The lowest BCUT2D eigenvalue weighted by atomic mass is 9.96. The van der Waals surface area contributed by atoms with Crippen LogP contribution >= 0.6 is 11.6 Å². The fraction of sp³-hybridized carbons (Fsp3) is 0.360. The van der Waals surface area contributed by atoms with Gasteiger partial charge in [-0.25, -0.2) is 0 Å². The number of benzene rings is 2. The molecule has 4 rings (SSSR count). The maximum atomic E-state index is 13.3. The Kier molecular flexibility index (Phi) is 7.12. The van der Waals surface area contributed by atoms with Gasteiger partial charge in [-0.05, 0) is 42.7 Å². The average molecular weight is 454 g/mol. The van der Waals surface area contributed by atoms with Crippen molar-refractivity contribution in [2.75, 3.05) is 26.9 Å². The highest BCUT2D eigenvalue weighted by molar-refractivity contribution is 6.30. The second kappa shape index (κ2) is 10.2. The Bertz CT molecular complexity index is 1050. The summed E-state index contributed by atoms with van der Waals surface area (Å²) >= 11 is 6.08. The van der Waals surface area contributed by atoms with E-state index in [1.807, 2.05) is 53.4 Å². The molecule has 1 aliphatic heterocycles. The molecule has 3 aromatic rings. The number of carbonyl (C=O) groups is 1. The Hall–Kier alpha value is -2.83. The Morgan fingerprint density at radius 3 is 2.50 bits per heavy atom. The zero-order valence-electron chi connectivity index (χ0n) is 18.4. The van der Waals surface area contributed by atoms with Crippen LogP contribution in [0.15, 0.2) is 48.5 Å². The lowest BCUT2D eigenvalue weighted by molar-refractivity contribution is 0.0723. The van der Waals surface area contributed by atoms with Gasteiger partial charge in [-0.1, -0.05) is 49.2 Å². The number of nitrogens with zero attached hydrogens (tertiary/aromatic N) is 2. The fourth-order valence-electron chi connectivity index (χ4n) is 4.06. The number of fused-ring (bicyclic) bond motifs is 1. The molecule has 0 spiro atoms. The first-order chi connectivity index (χ1) is 15.6. The van der Waals surface area contributed by atoms with Gasteiger partial charge in [0.05, 0.1) is 18.3 Å². The van der Waals surface area contributed by atoms with E-state index in [-0.39, 0.29) is 11.9 Å². The number of halogens is 1. The van der Waals surface area contributed by atoms with Crippen molar-refractivity contribution in [2.45, 2.75) is 32.2 Å². The van der Waals surface area contributed by atoms with Gasteiger partial charge in [-0.15, -0.1) is 0 Å². The van der Waals surface area contributed by atoms with Crippen LogP contribution in [0.2, 0.25) is 5.02 Å². The van der Waals surface area contributed by atoms with Crippen LogP contribution in [0.4, 0.5) is 0 Å². The topological polar surface area (TPSA) is 67.5 Å². The third-order valence-electron chi connectivity index (χ3n) is 5.69. The summed E-state index contributed by atoms with van der Waals surface area (Å²) in [6.07, 6.45) is 2.87. The van der Waals surface area contributed by atoms with Crippen LogP contribution in [0.1, 0.15) is 53.8 Å². The zero-order valence-corrected chi connectivity index (χ0v) is 19.2. The van der Waals surface area contributed by atoms with E-state index in [0.29, 0.717) is 30.5 Å². The van der Waals surface area contributed by atoms with Crippen molar-refractivity contribution in [1.29, 1.82) is 0 Å². The molecule has 1 N–H and O–H groups in total. The molecule has 6 nitrogen and oxygen atoms in total. The normalized spacial score (nSPS) is 15.3. The molecular formula is C25H28ClN3O3. The summed E-state index contributed by atoms with van der Waals surface area (Å²) in [5.74, 6) is 0.792. The first-order valence-electron chi connectivity index (χ1n) is 11.0. The highest BCUT2D eigenvalue weighted by Gasteiger charge is 2.41. The molecule has 1 aliphatic rings. The molecule has 7 heteroatoms. The second-order valence-electron chi connectivity index (χ2n) is 7.89. The number of unbranched alkanes of at least 4 members (excludes halogenated alkanes) is 1. The Morgan fingerprint density at radius 1 is 1.06 bits per heavy atom. The van der Waals surface area contributed by atoms with Crippen molar-refractivity contribution < 1.29 is 14.3 Å². The number of methoxy groups -OCH3 is 1. The minimum absolute atomic E-state index is 0.0444. The van der Waals surface area contributed by atoms with Crippen LogP contribution in [0.25, 0.3) is 11.3 Å². The molecule has 0 aliphatic carbocycles. The summed E-state index contributed by atoms with van der Waals surface area (Å²) in [6.45, 7) is 4.03. The van der Waals surface area contributed by atoms with Gasteiger partial charge in [-0.3, -0.25) is 9.89 Å². The zero-order chi connectivity index (χ0) is 22.5. The predicted octanol–water partition coefficient (Wildman–Crippen LogP) is 5.49. The highest BCUT2D eigenvalue weighted by Crippen LogP contribution is 2.43. The molecule has 1 aromatic heterocycles. The third kappa shape index (κ3) is 4.52. The first-order valence-corrected chi connectivity index (χ1v) is 11.4. The number of H-pyrrole nitrogens is 1. The van der Waals surface area contributed by atoms with Crippen molar-refractivity contribution in [2.24, 2.45) is 0 Å². The smallest absolute Gasteiger partial charge is 0.273 e. The van der Waals surface area contributed by atoms with Gasteiger partial charge in [0, 0.05) is 36.4 Å². The van der Waals surface area contributed by atoms with Crippen molar-refractivity contribution in [3.8, 4) is 17.0 Å². The van der Waals surface area contributed by atoms with Crippen molar-refractivity contribution in [3.63, 3.8) is 0 Å². The van der Waals surface area contributed by atoms with E-state index in [0.717, 1.165) is 47.4 Å². The molecule has 1 amide bonds. The monoisotopic (exact) mass is 453 g/mol. The van der Waals surface area contributed by atoms with Crippen LogP contribution in [0.3, 0.4) is 0 Å². The van der Waals surface area contributed by atoms with Crippen LogP contribution in [-0.4, -0.2) is 47.9 Å². The number of amides is 1. The second-order valence-corrected chi connectivity index (χ2v) is 8.32. The number of hydrogen-bond acceptors (Lipinski definition) is 4. The van der Waals surface area contributed by atoms with E-state index in [4.69, 9.17) is 21.1 Å². The Labute approximate surface area is 193 Å². The van der Waals surface area contributed by atoms with Gasteiger partial charge in [0.15, 0.2) is 0 Å². The first kappa shape index (κ1) is 22.4. The lowest BCUT2D eigenvalue weighted by Crippen LogP contribution is -2.31. The van der Waals surface area contributed by atoms with E-state index in [1.54, 1.807) is 7.11 Å². The Balaban J connectivity index is 1.70. The molecule has 0 fully saturated rings. The van der Waals surface area contributed by atoms with Gasteiger partial charge < -0.3 is 14.4 Å². The van der Waals surface area contributed by atoms with E-state index >= 15 is 0 Å². The number of hydrogen-bond donors (Lipinski definition) is 1. The van der Waals surface area contributed by atoms with Gasteiger partial charge >= 0.3 is 0 Å². The quantitative estimate of drug-likeness (QED) is 0.412. The molecular weight excluding hydrogens is 426 g/mol. The van der Waals surface area contributed by atoms with Gasteiger partial charge in [0.1, 0.15) is 11.4 Å². The van der Waals surface area contributed by atoms with Gasteiger partial charge in [0.25, 0.3) is 5.91 Å². The fourth-order valence-corrected chi connectivity index (χ4v) is 4.19. The third-order valence-corrected chi connectivity index (χ3v) is 5.94. The van der Waals surface area contributed by atoms with E-state index in [2.05, 4.69) is 17.1 Å². The molecule has 32 heavy (non-hydrogen) atoms. The minimum Gasteiger partial charge on any atom is -0.494 e. The SMILES string of the molecule is CCCCOc1ccc(C2c3c(-c4ccc(Cl)cc4)n[nH]c3C(=O)N2CCCOC)cc1. The maximum absolute atomic E-state index is 13.3. The lowest BCUT2D eigenvalue weighted by Gasteiger charge is -2.26. The summed E-state index contributed by atoms with van der Waals surface area (Å²) in [4.78, 5) is 15.2. The minimum atomic E-state index is -0.233. The van der Waals surface area contributed by atoms with Crippen LogP contribution < -0.4 is 4.74 Å². The predicted molar refractivity (Wildman–Crippen MR) is 125 cm³/mol. The summed E-state index contributed by atoms with van der Waals surface area (Å²) in [6, 6.07) is 15.3. The van der Waals surface area contributed by atoms with Crippen molar-refractivity contribution >= 4 is 17.5 Å². The molecule has 0 bridgehead atoms. The average Bonchev–Trinajstić information content (AvgIpc) is 3.35. The van der Waals surface area contributed by atoms with E-state index in [1.165, 1.54) is 0 Å². The van der Waals surface area contributed by atoms with Crippen LogP contribution in [0, 0.1) is 0 Å². The number of ether oxygens (including phenoxy) is 2. The molecule has 168 valence electrons. The number of aromatic nitrogens is 2. The number of rotatable bonds is 10. The van der Waals surface area contributed by atoms with Crippen molar-refractivity contribution in [3.05, 3.63) is 70.4 Å². The van der Waals surface area contributed by atoms with E-state index in [9.17, 15) is 4.79 Å². The molecule has 1 atom stereocenters. The van der Waals surface area contributed by atoms with Crippen LogP contribution in [-0.2, 0) is 4.74 Å². The van der Waals surface area contributed by atoms with Gasteiger partial charge in [0.2, 0.25) is 0 Å². The van der Waals surface area contributed by atoms with Crippen LogP contribution in [0.5, 0.6) is 5.75 Å². The number of aromatic amines is 1. The summed E-state index contributed by atoms with van der Waals surface area (Å²) in [5.41, 5.74) is 4.15. The van der Waals surface area contributed by atoms with Crippen molar-refractivity contribution in [1.82, 2.24) is 15.1 Å². The Morgan fingerprint density at radius 2 is 1.81 bits per heavy atom. The molecule has 2 aromatic carbocycles. The number of carbonyl (C=O) groups excluding carboxylic acids is 1. The molecule has 0 saturated heterocycles. The molecule has 2 heterocycles. The standard InChI is InChI=1S/C25H28ClN3O3/c1-3-4-16-32-20-12-8-18(9-13-20)24-21-22(17-6-10-19(26)11-7-17)27-28-23(21)25(30)29(24)14-5-15-31-2/h6-13,24H,3-5,14-16H2,1-2H3,(H,27,28). The van der Waals surface area contributed by atoms with Gasteiger partial charge in [-0.2, -0.15) is 5.10 Å². The summed E-state index contributed by atoms with van der Waals surface area (Å²) < 4.78 is 11.0. The molecule has 0 radical (unpaired) electrons. The molecule has 0 saturated carbocycles. The molecule has 1 unspecified atom stereocenters. The van der Waals surface area contributed by atoms with E-state index < -0.39 is 0 Å². The number of nitrogens with one attached hydrogen (secondary N) is 1. The largest absolute Gasteiger partial charge is 0.494 e. The summed E-state index contributed by atoms with van der Waals surface area (Å²) in [7, 11) is 1.67. The highest BCUT2D eigenvalue weighted by atomic mass is 35.5. The summed E-state index contributed by atoms with van der Waals surface area (Å²) in [5, 5.41) is 8.14. The maximum Gasteiger partial charge on any atom is 0.273 e.